The Hall–Kier alpha value is -2.83. The van der Waals surface area contributed by atoms with Crippen LogP contribution in [0.3, 0.4) is 0 Å². The van der Waals surface area contributed by atoms with Crippen LogP contribution in [0, 0.1) is 0 Å². The quantitative estimate of drug-likeness (QED) is 0.624. The van der Waals surface area contributed by atoms with E-state index < -0.39 is 11.9 Å². The molecule has 0 bridgehead atoms. The average Bonchev–Trinajstić information content (AvgIpc) is 2.88. The van der Waals surface area contributed by atoms with Gasteiger partial charge in [-0.1, -0.05) is 12.1 Å². The third-order valence-electron chi connectivity index (χ3n) is 2.53. The van der Waals surface area contributed by atoms with Crippen molar-refractivity contribution in [2.75, 3.05) is 12.3 Å². The van der Waals surface area contributed by atoms with Crippen molar-refractivity contribution in [3.8, 4) is 5.69 Å². The van der Waals surface area contributed by atoms with Crippen LogP contribution >= 0.6 is 0 Å². The molecule has 3 N–H and O–H groups in total. The maximum Gasteiger partial charge on any atom is 0.358 e. The molecule has 1 aromatic heterocycles. The normalized spacial score (nSPS) is 10.2. The number of aromatic nitrogens is 2. The van der Waals surface area contributed by atoms with Gasteiger partial charge in [-0.3, -0.25) is 4.79 Å². The summed E-state index contributed by atoms with van der Waals surface area (Å²) in [7, 11) is 0. The number of benzene rings is 1. The topological polar surface area (TPSA) is 107 Å². The standard InChI is InChI=1S/C13H13N3O4/c14-9-3-1-2-4-11(9)16-7-5-10(15-16)13(19)20-8-6-12(17)18/h1-5,7H,6,8,14H2,(H,17,18). The first-order chi connectivity index (χ1) is 9.58. The molecule has 0 amide bonds. The molecular weight excluding hydrogens is 262 g/mol. The van der Waals surface area contributed by atoms with E-state index in [1.54, 1.807) is 30.5 Å². The molecule has 0 aliphatic heterocycles. The smallest absolute Gasteiger partial charge is 0.358 e. The zero-order valence-corrected chi connectivity index (χ0v) is 10.5. The number of esters is 1. The Bertz CT molecular complexity index is 636. The highest BCUT2D eigenvalue weighted by Crippen LogP contribution is 2.15. The lowest BCUT2D eigenvalue weighted by Crippen LogP contribution is -2.11. The van der Waals surface area contributed by atoms with Gasteiger partial charge >= 0.3 is 11.9 Å². The summed E-state index contributed by atoms with van der Waals surface area (Å²) < 4.78 is 6.25. The third-order valence-corrected chi connectivity index (χ3v) is 2.53. The predicted octanol–water partition coefficient (Wildman–Crippen LogP) is 1.09. The SMILES string of the molecule is Nc1ccccc1-n1ccc(C(=O)OCCC(=O)O)n1. The number of rotatable bonds is 5. The van der Waals surface area contributed by atoms with Crippen molar-refractivity contribution in [2.45, 2.75) is 6.42 Å². The van der Waals surface area contributed by atoms with Crippen molar-refractivity contribution >= 4 is 17.6 Å². The average molecular weight is 275 g/mol. The second-order valence-corrected chi connectivity index (χ2v) is 3.98. The molecule has 7 heteroatoms. The molecule has 1 aromatic carbocycles. The molecule has 2 aromatic rings. The number of carbonyl (C=O) groups is 2. The number of nitrogens with zero attached hydrogens (tertiary/aromatic N) is 2. The van der Waals surface area contributed by atoms with Gasteiger partial charge in [0.2, 0.25) is 0 Å². The first kappa shape index (κ1) is 13.6. The number of anilines is 1. The number of carbonyl (C=O) groups excluding carboxylic acids is 1. The zero-order chi connectivity index (χ0) is 14.5. The van der Waals surface area contributed by atoms with Gasteiger partial charge in [0.15, 0.2) is 5.69 Å². The summed E-state index contributed by atoms with van der Waals surface area (Å²) in [5.41, 5.74) is 7.08. The van der Waals surface area contributed by atoms with Crippen LogP contribution in [0.4, 0.5) is 5.69 Å². The van der Waals surface area contributed by atoms with Crippen LogP contribution in [0.25, 0.3) is 5.69 Å². The van der Waals surface area contributed by atoms with Crippen LogP contribution in [-0.2, 0) is 9.53 Å². The second kappa shape index (κ2) is 5.87. The molecule has 0 atom stereocenters. The van der Waals surface area contributed by atoms with Gasteiger partial charge in [0.1, 0.15) is 6.61 Å². The first-order valence-corrected chi connectivity index (χ1v) is 5.87. The molecule has 1 heterocycles. The van der Waals surface area contributed by atoms with Crippen LogP contribution in [0.15, 0.2) is 36.5 Å². The third kappa shape index (κ3) is 3.14. The molecule has 20 heavy (non-hydrogen) atoms. The largest absolute Gasteiger partial charge is 0.481 e. The molecule has 0 radical (unpaired) electrons. The number of para-hydroxylation sites is 2. The highest BCUT2D eigenvalue weighted by Gasteiger charge is 2.13. The molecule has 0 saturated heterocycles. The van der Waals surface area contributed by atoms with Gasteiger partial charge in [0.05, 0.1) is 17.8 Å². The number of hydrogen-bond donors (Lipinski definition) is 2. The lowest BCUT2D eigenvalue weighted by Gasteiger charge is -2.04. The van der Waals surface area contributed by atoms with E-state index in [1.807, 2.05) is 0 Å². The Morgan fingerprint density at radius 2 is 2.05 bits per heavy atom. The van der Waals surface area contributed by atoms with E-state index >= 15 is 0 Å². The molecular formula is C13H13N3O4. The lowest BCUT2D eigenvalue weighted by atomic mass is 10.3. The summed E-state index contributed by atoms with van der Waals surface area (Å²) >= 11 is 0. The van der Waals surface area contributed by atoms with Gasteiger partial charge in [-0.15, -0.1) is 0 Å². The van der Waals surface area contributed by atoms with Crippen molar-refractivity contribution in [3.63, 3.8) is 0 Å². The highest BCUT2D eigenvalue weighted by molar-refractivity contribution is 5.87. The van der Waals surface area contributed by atoms with E-state index in [9.17, 15) is 9.59 Å². The molecule has 0 fully saturated rings. The maximum atomic E-state index is 11.6. The summed E-state index contributed by atoms with van der Waals surface area (Å²) in [5.74, 6) is -1.69. The number of nitrogens with two attached hydrogens (primary N) is 1. The van der Waals surface area contributed by atoms with Crippen molar-refractivity contribution in [1.29, 1.82) is 0 Å². The minimum atomic E-state index is -1.03. The number of ether oxygens (including phenoxy) is 1. The molecule has 0 aliphatic rings. The number of hydrogen-bond acceptors (Lipinski definition) is 5. The minimum Gasteiger partial charge on any atom is -0.481 e. The van der Waals surface area contributed by atoms with Gasteiger partial charge in [-0.2, -0.15) is 5.10 Å². The van der Waals surface area contributed by atoms with Crippen LogP contribution in [0.5, 0.6) is 0 Å². The fourth-order valence-corrected chi connectivity index (χ4v) is 1.57. The molecule has 2 rings (SSSR count). The predicted molar refractivity (Wildman–Crippen MR) is 70.5 cm³/mol. The summed E-state index contributed by atoms with van der Waals surface area (Å²) in [6, 6.07) is 8.57. The first-order valence-electron chi connectivity index (χ1n) is 5.87. The fraction of sp³-hybridized carbons (Fsp3) is 0.154. The Kier molecular flexibility index (Phi) is 3.99. The molecule has 7 nitrogen and oxygen atoms in total. The Balaban J connectivity index is 2.07. The summed E-state index contributed by atoms with van der Waals surface area (Å²) in [6.45, 7) is -0.186. The van der Waals surface area contributed by atoms with Gasteiger partial charge in [0, 0.05) is 6.20 Å². The van der Waals surface area contributed by atoms with Crippen LogP contribution < -0.4 is 5.73 Å². The fourth-order valence-electron chi connectivity index (χ4n) is 1.57. The Morgan fingerprint density at radius 3 is 2.75 bits per heavy atom. The minimum absolute atomic E-state index is 0.0960. The van der Waals surface area contributed by atoms with E-state index in [4.69, 9.17) is 15.6 Å². The van der Waals surface area contributed by atoms with E-state index in [0.29, 0.717) is 11.4 Å². The van der Waals surface area contributed by atoms with E-state index in [0.717, 1.165) is 0 Å². The number of carboxylic acid groups (broad SMARTS) is 1. The van der Waals surface area contributed by atoms with Gasteiger partial charge < -0.3 is 15.6 Å². The van der Waals surface area contributed by atoms with Crippen molar-refractivity contribution < 1.29 is 19.4 Å². The Labute approximate surface area is 114 Å². The zero-order valence-electron chi connectivity index (χ0n) is 10.5. The van der Waals surface area contributed by atoms with E-state index in [-0.39, 0.29) is 18.7 Å². The van der Waals surface area contributed by atoms with Crippen molar-refractivity contribution in [1.82, 2.24) is 9.78 Å². The molecule has 0 aliphatic carbocycles. The Morgan fingerprint density at radius 1 is 1.30 bits per heavy atom. The molecule has 0 saturated carbocycles. The number of nitrogen functional groups attached to an aromatic ring is 1. The number of aliphatic carboxylic acids is 1. The monoisotopic (exact) mass is 275 g/mol. The van der Waals surface area contributed by atoms with Crippen LogP contribution in [0.1, 0.15) is 16.9 Å². The molecule has 0 spiro atoms. The summed E-state index contributed by atoms with van der Waals surface area (Å²) in [6.07, 6.45) is 1.34. The van der Waals surface area contributed by atoms with Crippen molar-refractivity contribution in [3.05, 3.63) is 42.2 Å². The van der Waals surface area contributed by atoms with Gasteiger partial charge in [-0.05, 0) is 18.2 Å². The van der Waals surface area contributed by atoms with Crippen molar-refractivity contribution in [2.24, 2.45) is 0 Å². The van der Waals surface area contributed by atoms with E-state index in [2.05, 4.69) is 5.10 Å². The van der Waals surface area contributed by atoms with E-state index in [1.165, 1.54) is 10.7 Å². The maximum absolute atomic E-state index is 11.6. The van der Waals surface area contributed by atoms with Crippen LogP contribution in [0.2, 0.25) is 0 Å². The van der Waals surface area contributed by atoms with Gasteiger partial charge in [-0.25, -0.2) is 9.48 Å². The lowest BCUT2D eigenvalue weighted by molar-refractivity contribution is -0.137. The number of carboxylic acids is 1. The molecule has 0 unspecified atom stereocenters. The van der Waals surface area contributed by atoms with Crippen LogP contribution in [-0.4, -0.2) is 33.4 Å². The summed E-state index contributed by atoms with van der Waals surface area (Å²) in [4.78, 5) is 22.0. The molecule has 104 valence electrons. The van der Waals surface area contributed by atoms with Gasteiger partial charge in [0.25, 0.3) is 0 Å². The highest BCUT2D eigenvalue weighted by atomic mass is 16.5. The summed E-state index contributed by atoms with van der Waals surface area (Å²) in [5, 5.41) is 12.5. The second-order valence-electron chi connectivity index (χ2n) is 3.98.